The molecule has 0 N–H and O–H groups in total. The number of aromatic nitrogens is 2. The maximum Gasteiger partial charge on any atom is 0.149 e. The Morgan fingerprint density at radius 3 is 2.56 bits per heavy atom. The molecule has 4 heteroatoms. The van der Waals surface area contributed by atoms with Crippen LogP contribution in [0.4, 0.5) is 5.82 Å². The van der Waals surface area contributed by atoms with Crippen molar-refractivity contribution in [2.45, 2.75) is 38.5 Å². The van der Waals surface area contributed by atoms with Gasteiger partial charge in [-0.3, -0.25) is 0 Å². The maximum atomic E-state index is 9.10. The van der Waals surface area contributed by atoms with Crippen molar-refractivity contribution in [1.29, 1.82) is 5.26 Å². The topological polar surface area (TPSA) is 52.8 Å². The van der Waals surface area contributed by atoms with Crippen LogP contribution in [0.25, 0.3) is 0 Å². The quantitative estimate of drug-likeness (QED) is 0.759. The maximum absolute atomic E-state index is 9.10. The molecule has 3 rings (SSSR count). The molecule has 1 spiro atoms. The Morgan fingerprint density at radius 1 is 1.17 bits per heavy atom. The molecule has 0 radical (unpaired) electrons. The fraction of sp³-hybridized carbons (Fsp3) is 0.643. The van der Waals surface area contributed by atoms with E-state index >= 15 is 0 Å². The number of nitriles is 1. The lowest BCUT2D eigenvalue weighted by Gasteiger charge is -2.40. The molecule has 0 amide bonds. The van der Waals surface area contributed by atoms with E-state index in [-0.39, 0.29) is 0 Å². The molecule has 1 aliphatic heterocycles. The summed E-state index contributed by atoms with van der Waals surface area (Å²) in [5.74, 6) is 0.820. The van der Waals surface area contributed by atoms with Gasteiger partial charge in [-0.2, -0.15) is 5.26 Å². The lowest BCUT2D eigenvalue weighted by Crippen LogP contribution is -2.39. The minimum atomic E-state index is 0.597. The number of hydrogen-bond acceptors (Lipinski definition) is 4. The fourth-order valence-corrected chi connectivity index (χ4v) is 3.47. The molecular weight excluding hydrogens is 224 g/mol. The van der Waals surface area contributed by atoms with Crippen molar-refractivity contribution < 1.29 is 0 Å². The number of rotatable bonds is 1. The van der Waals surface area contributed by atoms with E-state index in [1.807, 2.05) is 0 Å². The average molecular weight is 242 g/mol. The van der Waals surface area contributed by atoms with Crippen molar-refractivity contribution >= 4 is 5.82 Å². The van der Waals surface area contributed by atoms with Crippen molar-refractivity contribution in [2.75, 3.05) is 18.0 Å². The predicted molar refractivity (Wildman–Crippen MR) is 69.1 cm³/mol. The second-order valence-electron chi connectivity index (χ2n) is 5.57. The van der Waals surface area contributed by atoms with Gasteiger partial charge in [-0.15, -0.1) is 0 Å². The Bertz CT molecular complexity index is 461. The van der Waals surface area contributed by atoms with Gasteiger partial charge in [-0.05, 0) is 31.1 Å². The Hall–Kier alpha value is -1.63. The standard InChI is InChI=1S/C14H18N4/c15-9-12-10-16-11-17-13(12)18-7-5-14(6-8-18)3-1-2-4-14/h10-11H,1-8H2. The van der Waals surface area contributed by atoms with Crippen molar-refractivity contribution in [1.82, 2.24) is 9.97 Å². The summed E-state index contributed by atoms with van der Waals surface area (Å²) < 4.78 is 0. The summed E-state index contributed by atoms with van der Waals surface area (Å²) in [5.41, 5.74) is 1.20. The Balaban J connectivity index is 1.74. The van der Waals surface area contributed by atoms with Crippen LogP contribution >= 0.6 is 0 Å². The van der Waals surface area contributed by atoms with Crippen LogP contribution in [0.2, 0.25) is 0 Å². The fourth-order valence-electron chi connectivity index (χ4n) is 3.47. The molecule has 1 aromatic heterocycles. The molecule has 1 aliphatic carbocycles. The first-order valence-electron chi connectivity index (χ1n) is 6.78. The zero-order valence-corrected chi connectivity index (χ0v) is 10.6. The number of anilines is 1. The third kappa shape index (κ3) is 1.94. The van der Waals surface area contributed by atoms with Gasteiger partial charge in [0.25, 0.3) is 0 Å². The molecule has 4 nitrogen and oxygen atoms in total. The lowest BCUT2D eigenvalue weighted by molar-refractivity contribution is 0.226. The summed E-state index contributed by atoms with van der Waals surface area (Å²) in [6.07, 6.45) is 11.3. The van der Waals surface area contributed by atoms with Crippen molar-refractivity contribution in [2.24, 2.45) is 5.41 Å². The van der Waals surface area contributed by atoms with Gasteiger partial charge in [0.1, 0.15) is 23.8 Å². The molecule has 2 heterocycles. The van der Waals surface area contributed by atoms with Gasteiger partial charge in [0.2, 0.25) is 0 Å². The molecule has 94 valence electrons. The lowest BCUT2D eigenvalue weighted by atomic mass is 9.77. The van der Waals surface area contributed by atoms with E-state index in [1.165, 1.54) is 44.9 Å². The van der Waals surface area contributed by atoms with E-state index in [0.29, 0.717) is 11.0 Å². The zero-order chi connectivity index (χ0) is 12.4. The molecule has 0 bridgehead atoms. The first-order chi connectivity index (χ1) is 8.83. The minimum absolute atomic E-state index is 0.597. The molecule has 0 aromatic carbocycles. The summed E-state index contributed by atoms with van der Waals surface area (Å²) >= 11 is 0. The molecule has 18 heavy (non-hydrogen) atoms. The van der Waals surface area contributed by atoms with E-state index in [9.17, 15) is 0 Å². The molecule has 1 saturated heterocycles. The summed E-state index contributed by atoms with van der Waals surface area (Å²) in [6, 6.07) is 2.19. The third-order valence-electron chi connectivity index (χ3n) is 4.60. The Morgan fingerprint density at radius 2 is 1.89 bits per heavy atom. The van der Waals surface area contributed by atoms with Crippen LogP contribution in [-0.4, -0.2) is 23.1 Å². The SMILES string of the molecule is N#Cc1cncnc1N1CCC2(CCCC2)CC1. The summed E-state index contributed by atoms with van der Waals surface area (Å²) in [6.45, 7) is 2.07. The van der Waals surface area contributed by atoms with Crippen LogP contribution in [0.5, 0.6) is 0 Å². The number of piperidine rings is 1. The minimum Gasteiger partial charge on any atom is -0.355 e. The Labute approximate surface area is 108 Å². The second-order valence-corrected chi connectivity index (χ2v) is 5.57. The van der Waals surface area contributed by atoms with Gasteiger partial charge in [0.15, 0.2) is 0 Å². The molecule has 2 aliphatic rings. The van der Waals surface area contributed by atoms with E-state index in [0.717, 1.165) is 18.9 Å². The largest absolute Gasteiger partial charge is 0.355 e. The van der Waals surface area contributed by atoms with Crippen LogP contribution in [0, 0.1) is 16.7 Å². The van der Waals surface area contributed by atoms with Crippen LogP contribution in [0.15, 0.2) is 12.5 Å². The van der Waals surface area contributed by atoms with E-state index in [4.69, 9.17) is 5.26 Å². The van der Waals surface area contributed by atoms with E-state index < -0.39 is 0 Å². The van der Waals surface area contributed by atoms with Crippen molar-refractivity contribution in [3.63, 3.8) is 0 Å². The smallest absolute Gasteiger partial charge is 0.149 e. The number of nitrogens with zero attached hydrogens (tertiary/aromatic N) is 4. The highest BCUT2D eigenvalue weighted by Crippen LogP contribution is 2.46. The van der Waals surface area contributed by atoms with Gasteiger partial charge >= 0.3 is 0 Å². The molecular formula is C14H18N4. The highest BCUT2D eigenvalue weighted by Gasteiger charge is 2.37. The second kappa shape index (κ2) is 4.56. The molecule has 0 atom stereocenters. The van der Waals surface area contributed by atoms with Gasteiger partial charge in [-0.25, -0.2) is 9.97 Å². The molecule has 0 unspecified atom stereocenters. The average Bonchev–Trinajstić information content (AvgIpc) is 2.88. The molecule has 1 saturated carbocycles. The normalized spacial score (nSPS) is 22.1. The van der Waals surface area contributed by atoms with Gasteiger partial charge < -0.3 is 4.90 Å². The van der Waals surface area contributed by atoms with Gasteiger partial charge in [-0.1, -0.05) is 12.8 Å². The van der Waals surface area contributed by atoms with Gasteiger partial charge in [0, 0.05) is 13.1 Å². The monoisotopic (exact) mass is 242 g/mol. The predicted octanol–water partition coefficient (Wildman–Crippen LogP) is 2.51. The molecule has 2 fully saturated rings. The van der Waals surface area contributed by atoms with Gasteiger partial charge in [0.05, 0.1) is 6.20 Å². The number of hydrogen-bond donors (Lipinski definition) is 0. The van der Waals surface area contributed by atoms with E-state index in [2.05, 4.69) is 20.9 Å². The first kappa shape index (κ1) is 11.5. The van der Waals surface area contributed by atoms with Crippen LogP contribution in [0.3, 0.4) is 0 Å². The third-order valence-corrected chi connectivity index (χ3v) is 4.60. The van der Waals surface area contributed by atoms with Crippen molar-refractivity contribution in [3.05, 3.63) is 18.1 Å². The first-order valence-corrected chi connectivity index (χ1v) is 6.78. The highest BCUT2D eigenvalue weighted by molar-refractivity contribution is 5.52. The highest BCUT2D eigenvalue weighted by atomic mass is 15.2. The summed E-state index contributed by atoms with van der Waals surface area (Å²) in [5, 5.41) is 9.10. The summed E-state index contributed by atoms with van der Waals surface area (Å²) in [4.78, 5) is 10.5. The van der Waals surface area contributed by atoms with E-state index in [1.54, 1.807) is 6.20 Å². The van der Waals surface area contributed by atoms with Crippen LogP contribution in [0.1, 0.15) is 44.1 Å². The van der Waals surface area contributed by atoms with Crippen LogP contribution in [-0.2, 0) is 0 Å². The van der Waals surface area contributed by atoms with Crippen LogP contribution < -0.4 is 4.90 Å². The molecule has 1 aromatic rings. The van der Waals surface area contributed by atoms with Crippen molar-refractivity contribution in [3.8, 4) is 6.07 Å². The summed E-state index contributed by atoms with van der Waals surface area (Å²) in [7, 11) is 0. The Kier molecular flexibility index (Phi) is 2.91. The zero-order valence-electron chi connectivity index (χ0n) is 10.6.